The van der Waals surface area contributed by atoms with Crippen molar-refractivity contribution in [3.8, 4) is 0 Å². The van der Waals surface area contributed by atoms with Gasteiger partial charge in [-0.05, 0) is 30.2 Å². The van der Waals surface area contributed by atoms with Crippen molar-refractivity contribution in [2.75, 3.05) is 11.4 Å². The number of nitrogens with zero attached hydrogens (tertiary/aromatic N) is 2. The number of hydrogen-bond donors (Lipinski definition) is 0. The molecule has 2 aromatic rings. The minimum Gasteiger partial charge on any atom is -0.367 e. The lowest BCUT2D eigenvalue weighted by molar-refractivity contribution is -0.140. The molecule has 0 aliphatic heterocycles. The lowest BCUT2D eigenvalue weighted by atomic mass is 10.1. The van der Waals surface area contributed by atoms with E-state index in [1.165, 1.54) is 18.7 Å². The fourth-order valence-corrected chi connectivity index (χ4v) is 2.12. The summed E-state index contributed by atoms with van der Waals surface area (Å²) in [5.41, 5.74) is 3.32. The number of rotatable bonds is 6. The number of carbonyl (C=O) groups is 1. The second kappa shape index (κ2) is 7.98. The first-order valence-corrected chi connectivity index (χ1v) is 7.29. The number of carbonyl (C=O) groups excluding carboxylic acids is 1. The molecule has 0 bridgehead atoms. The van der Waals surface area contributed by atoms with Crippen LogP contribution in [0.3, 0.4) is 0 Å². The van der Waals surface area contributed by atoms with Crippen LogP contribution < -0.4 is 4.90 Å². The molecule has 0 spiro atoms. The van der Waals surface area contributed by atoms with E-state index >= 15 is 0 Å². The maximum absolute atomic E-state index is 10.6. The quantitative estimate of drug-likeness (QED) is 0.464. The summed E-state index contributed by atoms with van der Waals surface area (Å²) in [6, 6.07) is 18.4. The number of anilines is 1. The second-order valence-corrected chi connectivity index (χ2v) is 4.91. The Bertz CT molecular complexity index is 621. The Kier molecular flexibility index (Phi) is 5.72. The molecule has 0 amide bonds. The van der Waals surface area contributed by atoms with Crippen molar-refractivity contribution in [2.45, 2.75) is 20.4 Å². The molecule has 0 unspecified atom stereocenters. The smallest absolute Gasteiger partial charge is 0.331 e. The van der Waals surface area contributed by atoms with Crippen molar-refractivity contribution < 1.29 is 9.63 Å². The highest BCUT2D eigenvalue weighted by Crippen LogP contribution is 2.17. The first-order valence-electron chi connectivity index (χ1n) is 7.29. The van der Waals surface area contributed by atoms with Gasteiger partial charge in [0.2, 0.25) is 0 Å². The first-order chi connectivity index (χ1) is 10.7. The number of hydrogen-bond acceptors (Lipinski definition) is 4. The zero-order valence-electron chi connectivity index (χ0n) is 12.9. The van der Waals surface area contributed by atoms with Gasteiger partial charge in [-0.3, -0.25) is 0 Å². The third kappa shape index (κ3) is 4.74. The zero-order chi connectivity index (χ0) is 15.8. The van der Waals surface area contributed by atoms with Gasteiger partial charge in [0.15, 0.2) is 0 Å². The number of benzene rings is 2. The average Bonchev–Trinajstić information content (AvgIpc) is 2.54. The van der Waals surface area contributed by atoms with E-state index in [2.05, 4.69) is 46.1 Å². The van der Waals surface area contributed by atoms with E-state index in [-0.39, 0.29) is 0 Å². The predicted molar refractivity (Wildman–Crippen MR) is 89.0 cm³/mol. The molecule has 0 radical (unpaired) electrons. The molecule has 114 valence electrons. The van der Waals surface area contributed by atoms with Crippen LogP contribution in [0, 0.1) is 0 Å². The van der Waals surface area contributed by atoms with Crippen LogP contribution in [0.1, 0.15) is 25.0 Å². The fraction of sp³-hybridized carbons (Fsp3) is 0.222. The number of oxime groups is 1. The van der Waals surface area contributed by atoms with Crippen LogP contribution in [0.5, 0.6) is 0 Å². The van der Waals surface area contributed by atoms with Gasteiger partial charge in [-0.15, -0.1) is 0 Å². The van der Waals surface area contributed by atoms with Gasteiger partial charge in [0.05, 0.1) is 6.21 Å². The molecule has 0 heterocycles. The molecule has 2 rings (SSSR count). The van der Waals surface area contributed by atoms with Crippen LogP contribution in [0.15, 0.2) is 59.8 Å². The zero-order valence-corrected chi connectivity index (χ0v) is 12.9. The molecule has 2 aromatic carbocycles. The summed E-state index contributed by atoms with van der Waals surface area (Å²) >= 11 is 0. The summed E-state index contributed by atoms with van der Waals surface area (Å²) in [6.07, 6.45) is 1.53. The molecule has 0 atom stereocenters. The average molecular weight is 296 g/mol. The third-order valence-electron chi connectivity index (χ3n) is 3.24. The van der Waals surface area contributed by atoms with Crippen LogP contribution >= 0.6 is 0 Å². The van der Waals surface area contributed by atoms with Gasteiger partial charge < -0.3 is 9.74 Å². The van der Waals surface area contributed by atoms with Gasteiger partial charge in [-0.2, -0.15) is 0 Å². The Morgan fingerprint density at radius 3 is 2.41 bits per heavy atom. The lowest BCUT2D eigenvalue weighted by Crippen LogP contribution is -2.21. The summed E-state index contributed by atoms with van der Waals surface area (Å²) in [7, 11) is 0. The van der Waals surface area contributed by atoms with E-state index < -0.39 is 5.97 Å². The van der Waals surface area contributed by atoms with Gasteiger partial charge in [-0.25, -0.2) is 4.79 Å². The fourth-order valence-electron chi connectivity index (χ4n) is 2.12. The Balaban J connectivity index is 2.04. The SMILES string of the molecule is CCN(Cc1ccccc1)c1ccc(C=NOC(C)=O)cc1. The van der Waals surface area contributed by atoms with E-state index in [0.717, 1.165) is 24.3 Å². The lowest BCUT2D eigenvalue weighted by Gasteiger charge is -2.23. The molecule has 4 heteroatoms. The second-order valence-electron chi connectivity index (χ2n) is 4.91. The van der Waals surface area contributed by atoms with Crippen LogP contribution in [0.4, 0.5) is 5.69 Å². The van der Waals surface area contributed by atoms with E-state index in [1.54, 1.807) is 0 Å². The van der Waals surface area contributed by atoms with Gasteiger partial charge in [-0.1, -0.05) is 47.6 Å². The maximum Gasteiger partial charge on any atom is 0.331 e. The van der Waals surface area contributed by atoms with Crippen molar-refractivity contribution in [1.29, 1.82) is 0 Å². The van der Waals surface area contributed by atoms with E-state index in [1.807, 2.05) is 30.3 Å². The maximum atomic E-state index is 10.6. The summed E-state index contributed by atoms with van der Waals surface area (Å²) in [6.45, 7) is 5.26. The normalized spacial score (nSPS) is 10.6. The molecule has 0 aliphatic carbocycles. The van der Waals surface area contributed by atoms with Crippen LogP contribution in [0.25, 0.3) is 0 Å². The molecule has 22 heavy (non-hydrogen) atoms. The minimum absolute atomic E-state index is 0.423. The molecule has 0 aromatic heterocycles. The minimum atomic E-state index is -0.423. The molecule has 0 fully saturated rings. The van der Waals surface area contributed by atoms with Crippen molar-refractivity contribution in [1.82, 2.24) is 0 Å². The summed E-state index contributed by atoms with van der Waals surface area (Å²) in [4.78, 5) is 17.5. The van der Waals surface area contributed by atoms with Crippen molar-refractivity contribution in [3.63, 3.8) is 0 Å². The van der Waals surface area contributed by atoms with Gasteiger partial charge in [0.25, 0.3) is 0 Å². The largest absolute Gasteiger partial charge is 0.367 e. The topological polar surface area (TPSA) is 41.9 Å². The third-order valence-corrected chi connectivity index (χ3v) is 3.24. The molecule has 0 saturated carbocycles. The highest BCUT2D eigenvalue weighted by Gasteiger charge is 2.05. The van der Waals surface area contributed by atoms with Crippen LogP contribution in [-0.2, 0) is 16.2 Å². The van der Waals surface area contributed by atoms with E-state index in [4.69, 9.17) is 0 Å². The summed E-state index contributed by atoms with van der Waals surface area (Å²) in [5.74, 6) is -0.423. The molecule has 0 saturated heterocycles. The Morgan fingerprint density at radius 2 is 1.82 bits per heavy atom. The Morgan fingerprint density at radius 1 is 1.14 bits per heavy atom. The molecule has 0 N–H and O–H groups in total. The van der Waals surface area contributed by atoms with E-state index in [9.17, 15) is 4.79 Å². The van der Waals surface area contributed by atoms with Gasteiger partial charge >= 0.3 is 5.97 Å². The van der Waals surface area contributed by atoms with Gasteiger partial charge in [0, 0.05) is 25.7 Å². The van der Waals surface area contributed by atoms with Crippen molar-refractivity contribution >= 4 is 17.9 Å². The van der Waals surface area contributed by atoms with Crippen molar-refractivity contribution in [3.05, 3.63) is 65.7 Å². The summed E-state index contributed by atoms with van der Waals surface area (Å²) in [5, 5.41) is 3.62. The Labute approximate surface area is 131 Å². The molecule has 4 nitrogen and oxygen atoms in total. The molecule has 0 aliphatic rings. The predicted octanol–water partition coefficient (Wildman–Crippen LogP) is 3.61. The van der Waals surface area contributed by atoms with Gasteiger partial charge in [0.1, 0.15) is 0 Å². The molecular weight excluding hydrogens is 276 g/mol. The Hall–Kier alpha value is -2.62. The van der Waals surface area contributed by atoms with Crippen molar-refractivity contribution in [2.24, 2.45) is 5.16 Å². The van der Waals surface area contributed by atoms with E-state index in [0.29, 0.717) is 0 Å². The monoisotopic (exact) mass is 296 g/mol. The first kappa shape index (κ1) is 15.8. The molecular formula is C18H20N2O2. The van der Waals surface area contributed by atoms with Crippen LogP contribution in [0.2, 0.25) is 0 Å². The standard InChI is InChI=1S/C18H20N2O2/c1-3-20(14-17-7-5-4-6-8-17)18-11-9-16(10-12-18)13-19-22-15(2)21/h4-13H,3,14H2,1-2H3. The highest BCUT2D eigenvalue weighted by atomic mass is 16.7. The highest BCUT2D eigenvalue weighted by molar-refractivity contribution is 5.80. The summed E-state index contributed by atoms with van der Waals surface area (Å²) < 4.78 is 0. The van der Waals surface area contributed by atoms with Crippen LogP contribution in [-0.4, -0.2) is 18.7 Å².